The summed E-state index contributed by atoms with van der Waals surface area (Å²) in [7, 11) is 0. The summed E-state index contributed by atoms with van der Waals surface area (Å²) in [6, 6.07) is -0.0159. The minimum absolute atomic E-state index is 0.0159. The van der Waals surface area contributed by atoms with Gasteiger partial charge in [-0.25, -0.2) is 9.67 Å². The lowest BCUT2D eigenvalue weighted by Gasteiger charge is -2.35. The maximum Gasteiger partial charge on any atom is 0.226 e. The number of nitrogens with zero attached hydrogens (tertiary/aromatic N) is 4. The maximum absolute atomic E-state index is 12.6. The lowest BCUT2D eigenvalue weighted by atomic mass is 10.0. The number of carbonyl (C=O) groups excluding carboxylic acids is 2. The molecular formula is C17H27N5O2. The normalized spacial score (nSPS) is 21.0. The molecule has 24 heavy (non-hydrogen) atoms. The standard InChI is InChI=1S/C17H27N5O2/c1-2-3-10-22-16(19-15(20-22)11-14(18)23)13-6-4-5-9-21(13)17(24)12-7-8-12/h12-13H,2-11H2,1H3,(H2,18,23)/t13-/m0/s1. The van der Waals surface area contributed by atoms with Crippen LogP contribution in [0.2, 0.25) is 0 Å². The molecule has 1 atom stereocenters. The van der Waals surface area contributed by atoms with E-state index < -0.39 is 5.91 Å². The molecule has 1 saturated carbocycles. The SMILES string of the molecule is CCCCn1nc(CC(N)=O)nc1[C@@H]1CCCCN1C(=O)C1CC1. The molecule has 0 unspecified atom stereocenters. The highest BCUT2D eigenvalue weighted by Crippen LogP contribution is 2.37. The maximum atomic E-state index is 12.6. The minimum Gasteiger partial charge on any atom is -0.369 e. The Bertz CT molecular complexity index is 608. The number of rotatable bonds is 7. The van der Waals surface area contributed by atoms with Gasteiger partial charge in [0.1, 0.15) is 5.82 Å². The Morgan fingerprint density at radius 2 is 2.04 bits per heavy atom. The van der Waals surface area contributed by atoms with E-state index in [4.69, 9.17) is 5.73 Å². The highest BCUT2D eigenvalue weighted by atomic mass is 16.2. The molecular weight excluding hydrogens is 306 g/mol. The molecule has 2 N–H and O–H groups in total. The van der Waals surface area contributed by atoms with Crippen LogP contribution >= 0.6 is 0 Å². The van der Waals surface area contributed by atoms with Gasteiger partial charge in [0.15, 0.2) is 5.82 Å². The zero-order valence-electron chi connectivity index (χ0n) is 14.4. The second kappa shape index (κ2) is 7.32. The largest absolute Gasteiger partial charge is 0.369 e. The third-order valence-electron chi connectivity index (χ3n) is 4.81. The number of piperidine rings is 1. The van der Waals surface area contributed by atoms with Crippen molar-refractivity contribution in [3.8, 4) is 0 Å². The summed E-state index contributed by atoms with van der Waals surface area (Å²) in [6.07, 6.45) is 7.18. The van der Waals surface area contributed by atoms with Crippen LogP contribution in [0.4, 0.5) is 0 Å². The molecule has 2 aliphatic rings. The molecule has 132 valence electrons. The lowest BCUT2D eigenvalue weighted by molar-refractivity contribution is -0.136. The van der Waals surface area contributed by atoms with Crippen LogP contribution in [0.5, 0.6) is 0 Å². The van der Waals surface area contributed by atoms with E-state index in [9.17, 15) is 9.59 Å². The average molecular weight is 333 g/mol. The van der Waals surface area contributed by atoms with E-state index in [1.165, 1.54) is 0 Å². The summed E-state index contributed by atoms with van der Waals surface area (Å²) in [5.74, 6) is 1.35. The fraction of sp³-hybridized carbons (Fsp3) is 0.765. The van der Waals surface area contributed by atoms with Gasteiger partial charge in [0.2, 0.25) is 11.8 Å². The molecule has 1 saturated heterocycles. The molecule has 1 aliphatic carbocycles. The molecule has 0 radical (unpaired) electrons. The van der Waals surface area contributed by atoms with Gasteiger partial charge in [-0.15, -0.1) is 0 Å². The number of carbonyl (C=O) groups is 2. The third-order valence-corrected chi connectivity index (χ3v) is 4.81. The zero-order valence-corrected chi connectivity index (χ0v) is 14.4. The van der Waals surface area contributed by atoms with Crippen molar-refractivity contribution in [3.05, 3.63) is 11.6 Å². The van der Waals surface area contributed by atoms with Crippen molar-refractivity contribution < 1.29 is 9.59 Å². The van der Waals surface area contributed by atoms with Crippen LogP contribution in [0.3, 0.4) is 0 Å². The Morgan fingerprint density at radius 3 is 2.71 bits per heavy atom. The highest BCUT2D eigenvalue weighted by Gasteiger charge is 2.39. The smallest absolute Gasteiger partial charge is 0.226 e. The predicted octanol–water partition coefficient (Wildman–Crippen LogP) is 1.57. The quantitative estimate of drug-likeness (QED) is 0.819. The number of aryl methyl sites for hydroxylation is 1. The van der Waals surface area contributed by atoms with Crippen molar-refractivity contribution in [2.45, 2.75) is 70.9 Å². The number of nitrogens with two attached hydrogens (primary N) is 1. The molecule has 7 nitrogen and oxygen atoms in total. The van der Waals surface area contributed by atoms with Crippen molar-refractivity contribution >= 4 is 11.8 Å². The van der Waals surface area contributed by atoms with Gasteiger partial charge >= 0.3 is 0 Å². The first kappa shape index (κ1) is 16.9. The number of likely N-dealkylation sites (tertiary alicyclic amines) is 1. The molecule has 2 heterocycles. The van der Waals surface area contributed by atoms with Gasteiger partial charge in [-0.2, -0.15) is 5.10 Å². The fourth-order valence-corrected chi connectivity index (χ4v) is 3.38. The van der Waals surface area contributed by atoms with Gasteiger partial charge in [0.05, 0.1) is 12.5 Å². The number of aromatic nitrogens is 3. The Labute approximate surface area is 142 Å². The zero-order chi connectivity index (χ0) is 17.1. The monoisotopic (exact) mass is 333 g/mol. The van der Waals surface area contributed by atoms with Crippen LogP contribution in [0.1, 0.15) is 69.6 Å². The first-order valence-electron chi connectivity index (χ1n) is 9.12. The summed E-state index contributed by atoms with van der Waals surface area (Å²) < 4.78 is 1.89. The van der Waals surface area contributed by atoms with Gasteiger partial charge in [0.25, 0.3) is 0 Å². The summed E-state index contributed by atoms with van der Waals surface area (Å²) in [4.78, 5) is 30.5. The fourth-order valence-electron chi connectivity index (χ4n) is 3.38. The van der Waals surface area contributed by atoms with E-state index in [2.05, 4.69) is 17.0 Å². The molecule has 0 aromatic carbocycles. The number of unbranched alkanes of at least 4 members (excludes halogenated alkanes) is 1. The molecule has 3 rings (SSSR count). The summed E-state index contributed by atoms with van der Waals surface area (Å²) in [5.41, 5.74) is 5.29. The number of hydrogen-bond donors (Lipinski definition) is 1. The van der Waals surface area contributed by atoms with Crippen molar-refractivity contribution in [2.75, 3.05) is 6.54 Å². The van der Waals surface area contributed by atoms with Crippen LogP contribution in [-0.2, 0) is 22.6 Å². The lowest BCUT2D eigenvalue weighted by Crippen LogP contribution is -2.40. The molecule has 2 fully saturated rings. The van der Waals surface area contributed by atoms with Crippen LogP contribution in [0.25, 0.3) is 0 Å². The molecule has 7 heteroatoms. The Morgan fingerprint density at radius 1 is 1.25 bits per heavy atom. The second-order valence-corrected chi connectivity index (χ2v) is 6.92. The summed E-state index contributed by atoms with van der Waals surface area (Å²) in [6.45, 7) is 3.69. The molecule has 1 aliphatic heterocycles. The summed E-state index contributed by atoms with van der Waals surface area (Å²) in [5, 5.41) is 4.48. The molecule has 2 amide bonds. The molecule has 1 aromatic rings. The first-order valence-corrected chi connectivity index (χ1v) is 9.12. The molecule has 0 spiro atoms. The van der Waals surface area contributed by atoms with Crippen LogP contribution in [-0.4, -0.2) is 38.0 Å². The minimum atomic E-state index is -0.427. The Balaban J connectivity index is 1.86. The van der Waals surface area contributed by atoms with E-state index in [-0.39, 0.29) is 24.3 Å². The van der Waals surface area contributed by atoms with Crippen LogP contribution in [0.15, 0.2) is 0 Å². The van der Waals surface area contributed by atoms with E-state index in [1.807, 2.05) is 9.58 Å². The molecule has 0 bridgehead atoms. The van der Waals surface area contributed by atoms with E-state index in [0.29, 0.717) is 5.82 Å². The van der Waals surface area contributed by atoms with Crippen LogP contribution in [0, 0.1) is 5.92 Å². The first-order chi connectivity index (χ1) is 11.6. The van der Waals surface area contributed by atoms with Crippen molar-refractivity contribution in [2.24, 2.45) is 11.7 Å². The third kappa shape index (κ3) is 3.76. The molecule has 1 aromatic heterocycles. The Kier molecular flexibility index (Phi) is 5.16. The number of hydrogen-bond acceptors (Lipinski definition) is 4. The van der Waals surface area contributed by atoms with Crippen molar-refractivity contribution in [1.82, 2.24) is 19.7 Å². The highest BCUT2D eigenvalue weighted by molar-refractivity contribution is 5.81. The van der Waals surface area contributed by atoms with Gasteiger partial charge in [-0.1, -0.05) is 13.3 Å². The predicted molar refractivity (Wildman–Crippen MR) is 88.9 cm³/mol. The van der Waals surface area contributed by atoms with Gasteiger partial charge in [-0.3, -0.25) is 9.59 Å². The topological polar surface area (TPSA) is 94.1 Å². The van der Waals surface area contributed by atoms with Crippen molar-refractivity contribution in [3.63, 3.8) is 0 Å². The number of amides is 2. The van der Waals surface area contributed by atoms with E-state index in [0.717, 1.165) is 63.9 Å². The van der Waals surface area contributed by atoms with Gasteiger partial charge < -0.3 is 10.6 Å². The Hall–Kier alpha value is -1.92. The van der Waals surface area contributed by atoms with E-state index >= 15 is 0 Å². The van der Waals surface area contributed by atoms with Gasteiger partial charge in [0, 0.05) is 19.0 Å². The van der Waals surface area contributed by atoms with Crippen molar-refractivity contribution in [1.29, 1.82) is 0 Å². The van der Waals surface area contributed by atoms with Crippen LogP contribution < -0.4 is 5.73 Å². The summed E-state index contributed by atoms with van der Waals surface area (Å²) >= 11 is 0. The number of primary amides is 1. The average Bonchev–Trinajstić information content (AvgIpc) is 3.34. The van der Waals surface area contributed by atoms with E-state index in [1.54, 1.807) is 0 Å². The second-order valence-electron chi connectivity index (χ2n) is 6.92. The van der Waals surface area contributed by atoms with Gasteiger partial charge in [-0.05, 0) is 38.5 Å².